The fourth-order valence-corrected chi connectivity index (χ4v) is 3.98. The van der Waals surface area contributed by atoms with E-state index in [0.717, 1.165) is 22.6 Å². The van der Waals surface area contributed by atoms with Crippen LogP contribution in [0, 0.1) is 17.8 Å². The number of carbonyl (C=O) groups is 1. The minimum Gasteiger partial charge on any atom is -0.352 e. The number of halogens is 1. The van der Waals surface area contributed by atoms with Gasteiger partial charge < -0.3 is 5.32 Å². The van der Waals surface area contributed by atoms with Gasteiger partial charge in [-0.05, 0) is 75.2 Å². The van der Waals surface area contributed by atoms with Crippen LogP contribution in [-0.4, -0.2) is 32.7 Å². The first-order valence-corrected chi connectivity index (χ1v) is 8.49. The summed E-state index contributed by atoms with van der Waals surface area (Å²) < 4.78 is 2.30. The Kier molecular flexibility index (Phi) is 3.72. The van der Waals surface area contributed by atoms with Crippen LogP contribution in [0.4, 0.5) is 0 Å². The number of tetrazole rings is 1. The molecule has 1 aromatic heterocycles. The molecule has 1 heterocycles. The molecule has 1 N–H and O–H groups in total. The molecule has 118 valence electrons. The van der Waals surface area contributed by atoms with E-state index in [4.69, 9.17) is 0 Å². The van der Waals surface area contributed by atoms with Crippen molar-refractivity contribution in [1.82, 2.24) is 25.5 Å². The summed E-state index contributed by atoms with van der Waals surface area (Å²) in [6.07, 6.45) is 8.56. The molecule has 0 radical (unpaired) electrons. The lowest BCUT2D eigenvalue weighted by atomic mass is 9.93. The Morgan fingerprint density at radius 2 is 2.26 bits per heavy atom. The number of nitrogens with zero attached hydrogens (tertiary/aromatic N) is 4. The molecule has 1 saturated carbocycles. The lowest BCUT2D eigenvalue weighted by Crippen LogP contribution is -2.31. The van der Waals surface area contributed by atoms with E-state index in [1.807, 2.05) is 12.1 Å². The van der Waals surface area contributed by atoms with E-state index in [0.29, 0.717) is 17.4 Å². The summed E-state index contributed by atoms with van der Waals surface area (Å²) in [7, 11) is 0. The molecule has 2 aromatic rings. The molecule has 2 bridgehead atoms. The Balaban J connectivity index is 1.47. The zero-order chi connectivity index (χ0) is 15.8. The van der Waals surface area contributed by atoms with Gasteiger partial charge in [0.2, 0.25) is 0 Å². The van der Waals surface area contributed by atoms with Crippen LogP contribution >= 0.6 is 15.9 Å². The van der Waals surface area contributed by atoms with Crippen LogP contribution in [0.1, 0.15) is 23.2 Å². The van der Waals surface area contributed by atoms with E-state index in [1.54, 1.807) is 6.07 Å². The third-order valence-corrected chi connectivity index (χ3v) is 5.44. The van der Waals surface area contributed by atoms with E-state index in [1.165, 1.54) is 23.9 Å². The van der Waals surface area contributed by atoms with Crippen molar-refractivity contribution in [1.29, 1.82) is 0 Å². The molecular weight excluding hydrogens is 358 g/mol. The molecule has 23 heavy (non-hydrogen) atoms. The van der Waals surface area contributed by atoms with E-state index in [-0.39, 0.29) is 5.91 Å². The number of hydrogen-bond donors (Lipinski definition) is 1. The maximum atomic E-state index is 12.5. The van der Waals surface area contributed by atoms with Crippen molar-refractivity contribution in [3.8, 4) is 5.69 Å². The van der Waals surface area contributed by atoms with Crippen molar-refractivity contribution in [2.45, 2.75) is 12.8 Å². The third kappa shape index (κ3) is 2.81. The normalized spacial score (nSPS) is 25.0. The lowest BCUT2D eigenvalue weighted by Gasteiger charge is -2.18. The van der Waals surface area contributed by atoms with Crippen LogP contribution in [0.5, 0.6) is 0 Å². The Hall–Kier alpha value is -2.02. The number of allylic oxidation sites excluding steroid dienone is 2. The van der Waals surface area contributed by atoms with Crippen LogP contribution in [-0.2, 0) is 0 Å². The maximum absolute atomic E-state index is 12.5. The predicted molar refractivity (Wildman–Crippen MR) is 88.0 cm³/mol. The molecule has 1 fully saturated rings. The number of benzene rings is 1. The smallest absolute Gasteiger partial charge is 0.252 e. The highest BCUT2D eigenvalue weighted by molar-refractivity contribution is 9.10. The number of hydrogen-bond acceptors (Lipinski definition) is 4. The van der Waals surface area contributed by atoms with Gasteiger partial charge in [-0.3, -0.25) is 4.79 Å². The van der Waals surface area contributed by atoms with Crippen molar-refractivity contribution in [3.63, 3.8) is 0 Å². The number of amides is 1. The quantitative estimate of drug-likeness (QED) is 0.834. The second-order valence-electron chi connectivity index (χ2n) is 6.17. The second-order valence-corrected chi connectivity index (χ2v) is 7.02. The van der Waals surface area contributed by atoms with Crippen LogP contribution in [0.25, 0.3) is 5.69 Å². The molecule has 2 aliphatic rings. The highest BCUT2D eigenvalue weighted by atomic mass is 79.9. The van der Waals surface area contributed by atoms with Gasteiger partial charge in [0.25, 0.3) is 5.91 Å². The van der Waals surface area contributed by atoms with Gasteiger partial charge in [0.05, 0.1) is 11.3 Å². The molecule has 3 atom stereocenters. The standard InChI is InChI=1S/C16H16BrN5O/c17-15-4-3-13(22-9-19-20-21-22)7-14(15)16(23)18-8-12-6-10-1-2-11(12)5-10/h1-4,7,9-12H,5-6,8H2,(H,18,23)/t10-,11+,12+/m1/s1. The summed E-state index contributed by atoms with van der Waals surface area (Å²) in [6, 6.07) is 5.49. The molecule has 0 saturated heterocycles. The number of carbonyl (C=O) groups excluding carboxylic acids is 1. The van der Waals surface area contributed by atoms with Gasteiger partial charge in [0.1, 0.15) is 6.33 Å². The second kappa shape index (κ2) is 5.88. The van der Waals surface area contributed by atoms with Crippen LogP contribution < -0.4 is 5.32 Å². The predicted octanol–water partition coefficient (Wildman–Crippen LogP) is 2.37. The Morgan fingerprint density at radius 3 is 2.96 bits per heavy atom. The molecule has 0 unspecified atom stereocenters. The SMILES string of the molecule is O=C(NC[C@@H]1C[C@@H]2C=C[C@H]1C2)c1cc(-n2cnnn2)ccc1Br. The highest BCUT2D eigenvalue weighted by Crippen LogP contribution is 2.42. The van der Waals surface area contributed by atoms with Crippen LogP contribution in [0.15, 0.2) is 41.2 Å². The van der Waals surface area contributed by atoms with Gasteiger partial charge in [0.15, 0.2) is 0 Å². The Bertz CT molecular complexity index is 758. The number of rotatable bonds is 4. The number of fused-ring (bicyclic) bond motifs is 2. The average molecular weight is 374 g/mol. The third-order valence-electron chi connectivity index (χ3n) is 4.75. The van der Waals surface area contributed by atoms with Crippen LogP contribution in [0.2, 0.25) is 0 Å². The molecular formula is C16H16BrN5O. The van der Waals surface area contributed by atoms with Crippen molar-refractivity contribution in [3.05, 3.63) is 46.7 Å². The largest absolute Gasteiger partial charge is 0.352 e. The first-order chi connectivity index (χ1) is 11.2. The molecule has 1 aromatic carbocycles. The summed E-state index contributed by atoms with van der Waals surface area (Å²) in [5.74, 6) is 1.85. The fraction of sp³-hybridized carbons (Fsp3) is 0.375. The summed E-state index contributed by atoms with van der Waals surface area (Å²) in [5.41, 5.74) is 1.35. The van der Waals surface area contributed by atoms with Crippen molar-refractivity contribution < 1.29 is 4.79 Å². The van der Waals surface area contributed by atoms with Crippen molar-refractivity contribution in [2.75, 3.05) is 6.54 Å². The highest BCUT2D eigenvalue weighted by Gasteiger charge is 2.35. The van der Waals surface area contributed by atoms with Gasteiger partial charge in [-0.15, -0.1) is 5.10 Å². The molecule has 0 spiro atoms. The average Bonchev–Trinajstić information content (AvgIpc) is 3.30. The van der Waals surface area contributed by atoms with Gasteiger partial charge >= 0.3 is 0 Å². The number of nitrogens with one attached hydrogen (secondary N) is 1. The van der Waals surface area contributed by atoms with E-state index < -0.39 is 0 Å². The number of aromatic nitrogens is 4. The molecule has 4 rings (SSSR count). The van der Waals surface area contributed by atoms with E-state index >= 15 is 0 Å². The summed E-state index contributed by atoms with van der Waals surface area (Å²) in [6.45, 7) is 0.728. The molecule has 2 aliphatic carbocycles. The minimum atomic E-state index is -0.0708. The monoisotopic (exact) mass is 373 g/mol. The topological polar surface area (TPSA) is 72.7 Å². The molecule has 1 amide bonds. The maximum Gasteiger partial charge on any atom is 0.252 e. The first kappa shape index (κ1) is 14.6. The minimum absolute atomic E-state index is 0.0708. The summed E-state index contributed by atoms with van der Waals surface area (Å²) in [4.78, 5) is 12.5. The van der Waals surface area contributed by atoms with Gasteiger partial charge in [-0.1, -0.05) is 12.2 Å². The zero-order valence-electron chi connectivity index (χ0n) is 12.4. The van der Waals surface area contributed by atoms with Crippen molar-refractivity contribution in [2.24, 2.45) is 17.8 Å². The lowest BCUT2D eigenvalue weighted by molar-refractivity contribution is 0.0944. The van der Waals surface area contributed by atoms with Crippen molar-refractivity contribution >= 4 is 21.8 Å². The Labute approximate surface area is 142 Å². The molecule has 0 aliphatic heterocycles. The van der Waals surface area contributed by atoms with E-state index in [2.05, 4.69) is 48.9 Å². The summed E-state index contributed by atoms with van der Waals surface area (Å²) >= 11 is 3.45. The molecule has 6 nitrogen and oxygen atoms in total. The fourth-order valence-electron chi connectivity index (χ4n) is 3.56. The summed E-state index contributed by atoms with van der Waals surface area (Å²) in [5, 5.41) is 14.2. The first-order valence-electron chi connectivity index (χ1n) is 7.70. The van der Waals surface area contributed by atoms with Gasteiger partial charge in [0, 0.05) is 11.0 Å². The van der Waals surface area contributed by atoms with Crippen LogP contribution in [0.3, 0.4) is 0 Å². The molecule has 7 heteroatoms. The zero-order valence-corrected chi connectivity index (χ0v) is 14.0. The van der Waals surface area contributed by atoms with Gasteiger partial charge in [-0.25, -0.2) is 4.68 Å². The van der Waals surface area contributed by atoms with E-state index in [9.17, 15) is 4.79 Å². The Morgan fingerprint density at radius 1 is 1.35 bits per heavy atom. The van der Waals surface area contributed by atoms with Gasteiger partial charge in [-0.2, -0.15) is 0 Å².